The Morgan fingerprint density at radius 1 is 1.45 bits per heavy atom. The van der Waals surface area contributed by atoms with Crippen molar-refractivity contribution in [1.29, 1.82) is 0 Å². The van der Waals surface area contributed by atoms with Crippen LogP contribution in [0.4, 0.5) is 11.5 Å². The SMILES string of the molecule is CCOC(=O)c1cc(N)cnc1NC1(C)CCCCC1. The number of rotatable bonds is 4. The van der Waals surface area contributed by atoms with Crippen molar-refractivity contribution in [3.63, 3.8) is 0 Å². The van der Waals surface area contributed by atoms with Gasteiger partial charge in [0.05, 0.1) is 18.5 Å². The van der Waals surface area contributed by atoms with E-state index in [2.05, 4.69) is 17.2 Å². The predicted octanol–water partition coefficient (Wildman–Crippen LogP) is 2.98. The molecule has 5 heteroatoms. The number of pyridine rings is 1. The second-order valence-electron chi connectivity index (χ2n) is 5.63. The third kappa shape index (κ3) is 3.40. The van der Waals surface area contributed by atoms with Crippen LogP contribution in [-0.4, -0.2) is 23.1 Å². The quantitative estimate of drug-likeness (QED) is 0.827. The predicted molar refractivity (Wildman–Crippen MR) is 79.7 cm³/mol. The maximum absolute atomic E-state index is 12.0. The molecule has 3 N–H and O–H groups in total. The number of esters is 1. The molecule has 0 aliphatic heterocycles. The highest BCUT2D eigenvalue weighted by Crippen LogP contribution is 2.32. The summed E-state index contributed by atoms with van der Waals surface area (Å²) in [5, 5.41) is 3.42. The number of nitrogens with zero attached hydrogens (tertiary/aromatic N) is 1. The molecule has 1 aliphatic rings. The Balaban J connectivity index is 2.24. The molecule has 1 heterocycles. The molecule has 110 valence electrons. The fourth-order valence-corrected chi connectivity index (χ4v) is 2.69. The average molecular weight is 277 g/mol. The van der Waals surface area contributed by atoms with Crippen molar-refractivity contribution in [1.82, 2.24) is 4.98 Å². The molecule has 1 aromatic rings. The van der Waals surface area contributed by atoms with Crippen molar-refractivity contribution in [2.45, 2.75) is 51.5 Å². The zero-order chi connectivity index (χ0) is 14.6. The van der Waals surface area contributed by atoms with Gasteiger partial charge in [0, 0.05) is 5.54 Å². The second kappa shape index (κ2) is 6.11. The minimum Gasteiger partial charge on any atom is -0.462 e. The van der Waals surface area contributed by atoms with Crippen molar-refractivity contribution >= 4 is 17.5 Å². The normalized spacial score (nSPS) is 17.5. The van der Waals surface area contributed by atoms with E-state index in [0.717, 1.165) is 12.8 Å². The van der Waals surface area contributed by atoms with Crippen molar-refractivity contribution in [2.24, 2.45) is 0 Å². The topological polar surface area (TPSA) is 77.2 Å². The van der Waals surface area contributed by atoms with Crippen LogP contribution in [0, 0.1) is 0 Å². The molecule has 0 atom stereocenters. The summed E-state index contributed by atoms with van der Waals surface area (Å²) in [6.45, 7) is 4.30. The number of anilines is 2. The van der Waals surface area contributed by atoms with Gasteiger partial charge in [0.25, 0.3) is 0 Å². The molecule has 0 spiro atoms. The van der Waals surface area contributed by atoms with Gasteiger partial charge >= 0.3 is 5.97 Å². The van der Waals surface area contributed by atoms with Crippen LogP contribution in [0.1, 0.15) is 56.3 Å². The van der Waals surface area contributed by atoms with Crippen LogP contribution in [0.15, 0.2) is 12.3 Å². The zero-order valence-corrected chi connectivity index (χ0v) is 12.2. The third-order valence-corrected chi connectivity index (χ3v) is 3.78. The highest BCUT2D eigenvalue weighted by molar-refractivity contribution is 5.95. The van der Waals surface area contributed by atoms with E-state index in [9.17, 15) is 4.79 Å². The Morgan fingerprint density at radius 3 is 2.80 bits per heavy atom. The minimum absolute atomic E-state index is 0.0113. The number of nitrogen functional groups attached to an aromatic ring is 1. The molecule has 0 radical (unpaired) electrons. The van der Waals surface area contributed by atoms with E-state index in [-0.39, 0.29) is 11.5 Å². The molecule has 1 aromatic heterocycles. The van der Waals surface area contributed by atoms with Crippen LogP contribution in [0.3, 0.4) is 0 Å². The summed E-state index contributed by atoms with van der Waals surface area (Å²) >= 11 is 0. The van der Waals surface area contributed by atoms with Gasteiger partial charge < -0.3 is 15.8 Å². The van der Waals surface area contributed by atoms with Gasteiger partial charge in [0.2, 0.25) is 0 Å². The van der Waals surface area contributed by atoms with E-state index in [0.29, 0.717) is 23.7 Å². The van der Waals surface area contributed by atoms with Crippen molar-refractivity contribution < 1.29 is 9.53 Å². The monoisotopic (exact) mass is 277 g/mol. The first-order valence-corrected chi connectivity index (χ1v) is 7.25. The van der Waals surface area contributed by atoms with Gasteiger partial charge in [-0.05, 0) is 32.8 Å². The van der Waals surface area contributed by atoms with Crippen LogP contribution in [0.2, 0.25) is 0 Å². The summed E-state index contributed by atoms with van der Waals surface area (Å²) < 4.78 is 5.07. The molecule has 0 amide bonds. The van der Waals surface area contributed by atoms with Gasteiger partial charge in [-0.15, -0.1) is 0 Å². The molecule has 5 nitrogen and oxygen atoms in total. The first kappa shape index (κ1) is 14.6. The lowest BCUT2D eigenvalue weighted by Crippen LogP contribution is -2.37. The zero-order valence-electron chi connectivity index (χ0n) is 12.2. The molecule has 1 aliphatic carbocycles. The lowest BCUT2D eigenvalue weighted by molar-refractivity contribution is 0.0527. The van der Waals surface area contributed by atoms with Crippen LogP contribution in [-0.2, 0) is 4.74 Å². The van der Waals surface area contributed by atoms with Crippen molar-refractivity contribution in [2.75, 3.05) is 17.7 Å². The lowest BCUT2D eigenvalue weighted by Gasteiger charge is -2.35. The highest BCUT2D eigenvalue weighted by atomic mass is 16.5. The van der Waals surface area contributed by atoms with Gasteiger partial charge in [-0.3, -0.25) is 0 Å². The molecule has 0 saturated heterocycles. The van der Waals surface area contributed by atoms with Gasteiger partial charge in [0.15, 0.2) is 0 Å². The Bertz CT molecular complexity index is 482. The standard InChI is InChI=1S/C15H23N3O2/c1-3-20-14(19)12-9-11(16)10-17-13(12)18-15(2)7-5-4-6-8-15/h9-10H,3-8,16H2,1-2H3,(H,17,18). The summed E-state index contributed by atoms with van der Waals surface area (Å²) in [5.41, 5.74) is 6.60. The van der Waals surface area contributed by atoms with Crippen LogP contribution in [0.25, 0.3) is 0 Å². The smallest absolute Gasteiger partial charge is 0.341 e. The highest BCUT2D eigenvalue weighted by Gasteiger charge is 2.28. The maximum Gasteiger partial charge on any atom is 0.341 e. The van der Waals surface area contributed by atoms with E-state index in [1.54, 1.807) is 19.2 Å². The molecule has 1 fully saturated rings. The van der Waals surface area contributed by atoms with E-state index in [1.165, 1.54) is 19.3 Å². The largest absolute Gasteiger partial charge is 0.462 e. The van der Waals surface area contributed by atoms with E-state index in [1.807, 2.05) is 0 Å². The summed E-state index contributed by atoms with van der Waals surface area (Å²) in [6.07, 6.45) is 7.41. The third-order valence-electron chi connectivity index (χ3n) is 3.78. The molecule has 20 heavy (non-hydrogen) atoms. The van der Waals surface area contributed by atoms with Crippen molar-refractivity contribution in [3.05, 3.63) is 17.8 Å². The average Bonchev–Trinajstić information content (AvgIpc) is 2.41. The Morgan fingerprint density at radius 2 is 2.15 bits per heavy atom. The van der Waals surface area contributed by atoms with Gasteiger partial charge in [0.1, 0.15) is 11.4 Å². The summed E-state index contributed by atoms with van der Waals surface area (Å²) in [5.74, 6) is 0.191. The number of nitrogens with one attached hydrogen (secondary N) is 1. The van der Waals surface area contributed by atoms with Gasteiger partial charge in [-0.1, -0.05) is 19.3 Å². The first-order valence-electron chi connectivity index (χ1n) is 7.25. The second-order valence-corrected chi connectivity index (χ2v) is 5.63. The Labute approximate surface area is 119 Å². The van der Waals surface area contributed by atoms with Crippen LogP contribution >= 0.6 is 0 Å². The molecule has 0 unspecified atom stereocenters. The van der Waals surface area contributed by atoms with E-state index >= 15 is 0 Å². The van der Waals surface area contributed by atoms with Gasteiger partial charge in [-0.2, -0.15) is 0 Å². The molecule has 1 saturated carbocycles. The summed E-state index contributed by atoms with van der Waals surface area (Å²) in [4.78, 5) is 16.3. The minimum atomic E-state index is -0.380. The number of carbonyl (C=O) groups is 1. The lowest BCUT2D eigenvalue weighted by atomic mass is 9.83. The van der Waals surface area contributed by atoms with E-state index in [4.69, 9.17) is 10.5 Å². The fraction of sp³-hybridized carbons (Fsp3) is 0.600. The van der Waals surface area contributed by atoms with Gasteiger partial charge in [-0.25, -0.2) is 9.78 Å². The van der Waals surface area contributed by atoms with E-state index < -0.39 is 0 Å². The molecule has 0 aromatic carbocycles. The fourth-order valence-electron chi connectivity index (χ4n) is 2.69. The number of aromatic nitrogens is 1. The first-order chi connectivity index (χ1) is 9.54. The molecular weight excluding hydrogens is 254 g/mol. The Hall–Kier alpha value is -1.78. The maximum atomic E-state index is 12.0. The number of hydrogen-bond donors (Lipinski definition) is 2. The molecular formula is C15H23N3O2. The Kier molecular flexibility index (Phi) is 4.47. The van der Waals surface area contributed by atoms with Crippen LogP contribution < -0.4 is 11.1 Å². The molecule has 2 rings (SSSR count). The number of nitrogens with two attached hydrogens (primary N) is 1. The van der Waals surface area contributed by atoms with Crippen LogP contribution in [0.5, 0.6) is 0 Å². The number of carbonyl (C=O) groups excluding carboxylic acids is 1. The van der Waals surface area contributed by atoms with Crippen molar-refractivity contribution in [3.8, 4) is 0 Å². The summed E-state index contributed by atoms with van der Waals surface area (Å²) in [7, 11) is 0. The number of ether oxygens (including phenoxy) is 1. The summed E-state index contributed by atoms with van der Waals surface area (Å²) in [6, 6.07) is 1.62. The molecule has 0 bridgehead atoms. The number of hydrogen-bond acceptors (Lipinski definition) is 5.